The highest BCUT2D eigenvalue weighted by molar-refractivity contribution is 7.89. The number of aromatic nitrogens is 2. The molecule has 3 aromatic rings. The summed E-state index contributed by atoms with van der Waals surface area (Å²) in [5.74, 6) is 0.833. The van der Waals surface area contributed by atoms with Crippen molar-refractivity contribution in [1.82, 2.24) is 19.6 Å². The molecule has 0 unspecified atom stereocenters. The Hall–Kier alpha value is -2.71. The molecule has 1 fully saturated rings. The molecule has 4 rings (SSSR count). The molecule has 1 aromatic heterocycles. The fraction of sp³-hybridized carbons (Fsp3) is 0.391. The van der Waals surface area contributed by atoms with Gasteiger partial charge in [0.2, 0.25) is 15.9 Å². The number of rotatable bonds is 6. The third kappa shape index (κ3) is 4.65. The second-order valence-electron chi connectivity index (χ2n) is 8.33. The summed E-state index contributed by atoms with van der Waals surface area (Å²) in [6.45, 7) is 1.93. The smallest absolute Gasteiger partial charge is 0.243 e. The van der Waals surface area contributed by atoms with Gasteiger partial charge in [-0.2, -0.15) is 4.31 Å². The normalized spacial score (nSPS) is 19.6. The maximum Gasteiger partial charge on any atom is 0.243 e. The first-order valence-corrected chi connectivity index (χ1v) is 12.1. The molecule has 2 atom stereocenters. The SMILES string of the molecule is C[C@H]1CCCC[C@H]1NC(=O)CN(C)S(=O)(=O)c1ccc2nc(-c3ccccc3)[nH]c2c1. The number of sulfonamides is 1. The molecular weight excluding hydrogens is 412 g/mol. The fourth-order valence-corrected chi connectivity index (χ4v) is 5.29. The van der Waals surface area contributed by atoms with Crippen LogP contribution in [0.1, 0.15) is 32.6 Å². The van der Waals surface area contributed by atoms with E-state index in [2.05, 4.69) is 22.2 Å². The van der Waals surface area contributed by atoms with E-state index >= 15 is 0 Å². The topological polar surface area (TPSA) is 95.2 Å². The lowest BCUT2D eigenvalue weighted by atomic mass is 9.86. The Bertz CT molecular complexity index is 1170. The van der Waals surface area contributed by atoms with Crippen molar-refractivity contribution in [3.63, 3.8) is 0 Å². The Kier molecular flexibility index (Phi) is 6.11. The number of carbonyl (C=O) groups is 1. The second-order valence-corrected chi connectivity index (χ2v) is 10.4. The van der Waals surface area contributed by atoms with E-state index in [1.54, 1.807) is 12.1 Å². The maximum absolute atomic E-state index is 13.1. The molecule has 164 valence electrons. The van der Waals surface area contributed by atoms with Crippen LogP contribution in [0.15, 0.2) is 53.4 Å². The maximum atomic E-state index is 13.1. The summed E-state index contributed by atoms with van der Waals surface area (Å²) >= 11 is 0. The Morgan fingerprint density at radius 1 is 1.16 bits per heavy atom. The minimum Gasteiger partial charge on any atom is -0.352 e. The number of H-pyrrole nitrogens is 1. The van der Waals surface area contributed by atoms with Gasteiger partial charge >= 0.3 is 0 Å². The Morgan fingerprint density at radius 2 is 1.90 bits per heavy atom. The molecule has 0 aliphatic heterocycles. The van der Waals surface area contributed by atoms with Gasteiger partial charge in [0.25, 0.3) is 0 Å². The van der Waals surface area contributed by atoms with E-state index in [0.717, 1.165) is 29.1 Å². The third-order valence-electron chi connectivity index (χ3n) is 6.03. The molecule has 8 heteroatoms. The second kappa shape index (κ2) is 8.80. The summed E-state index contributed by atoms with van der Waals surface area (Å²) in [5, 5.41) is 3.01. The molecule has 0 saturated heterocycles. The van der Waals surface area contributed by atoms with Gasteiger partial charge < -0.3 is 10.3 Å². The van der Waals surface area contributed by atoms with E-state index in [0.29, 0.717) is 22.8 Å². The lowest BCUT2D eigenvalue weighted by Gasteiger charge is -2.30. The fourth-order valence-electron chi connectivity index (χ4n) is 4.13. The van der Waals surface area contributed by atoms with Crippen LogP contribution in [0.5, 0.6) is 0 Å². The highest BCUT2D eigenvalue weighted by Crippen LogP contribution is 2.25. The van der Waals surface area contributed by atoms with E-state index in [-0.39, 0.29) is 23.4 Å². The molecule has 1 heterocycles. The Balaban J connectivity index is 1.50. The number of nitrogens with one attached hydrogen (secondary N) is 2. The van der Waals surface area contributed by atoms with Crippen LogP contribution in [0.25, 0.3) is 22.4 Å². The Labute approximate surface area is 182 Å². The summed E-state index contributed by atoms with van der Waals surface area (Å²) in [6, 6.07) is 14.6. The number of likely N-dealkylation sites (N-methyl/N-ethyl adjacent to an activating group) is 1. The number of carbonyl (C=O) groups excluding carboxylic acids is 1. The summed E-state index contributed by atoms with van der Waals surface area (Å²) in [6.07, 6.45) is 4.32. The number of hydrogen-bond donors (Lipinski definition) is 2. The number of hydrogen-bond acceptors (Lipinski definition) is 4. The molecule has 1 amide bonds. The first kappa shape index (κ1) is 21.5. The molecule has 0 spiro atoms. The van der Waals surface area contributed by atoms with E-state index in [4.69, 9.17) is 0 Å². The summed E-state index contributed by atoms with van der Waals surface area (Å²) in [7, 11) is -2.37. The molecule has 2 aromatic carbocycles. The summed E-state index contributed by atoms with van der Waals surface area (Å²) < 4.78 is 27.2. The predicted molar refractivity (Wildman–Crippen MR) is 121 cm³/mol. The van der Waals surface area contributed by atoms with Crippen LogP contribution < -0.4 is 5.32 Å². The number of nitrogens with zero attached hydrogens (tertiary/aromatic N) is 2. The van der Waals surface area contributed by atoms with Gasteiger partial charge in [-0.3, -0.25) is 4.79 Å². The van der Waals surface area contributed by atoms with Crippen LogP contribution >= 0.6 is 0 Å². The van der Waals surface area contributed by atoms with Gasteiger partial charge in [-0.25, -0.2) is 13.4 Å². The number of aromatic amines is 1. The predicted octanol–water partition coefficient (Wildman–Crippen LogP) is 3.55. The number of benzene rings is 2. The van der Waals surface area contributed by atoms with Crippen molar-refractivity contribution in [2.75, 3.05) is 13.6 Å². The number of imidazole rings is 1. The van der Waals surface area contributed by atoms with Crippen molar-refractivity contribution in [3.8, 4) is 11.4 Å². The van der Waals surface area contributed by atoms with Crippen molar-refractivity contribution in [1.29, 1.82) is 0 Å². The van der Waals surface area contributed by atoms with Crippen molar-refractivity contribution in [2.24, 2.45) is 5.92 Å². The van der Waals surface area contributed by atoms with Crippen molar-refractivity contribution >= 4 is 27.0 Å². The van der Waals surface area contributed by atoms with Crippen LogP contribution in [-0.4, -0.2) is 48.2 Å². The largest absolute Gasteiger partial charge is 0.352 e. The summed E-state index contributed by atoms with van der Waals surface area (Å²) in [4.78, 5) is 20.3. The van der Waals surface area contributed by atoms with E-state index in [1.807, 2.05) is 30.3 Å². The molecule has 7 nitrogen and oxygen atoms in total. The zero-order valence-corrected chi connectivity index (χ0v) is 18.7. The molecule has 0 radical (unpaired) electrons. The van der Waals surface area contributed by atoms with Crippen LogP contribution in [0.3, 0.4) is 0 Å². The van der Waals surface area contributed by atoms with E-state index < -0.39 is 10.0 Å². The van der Waals surface area contributed by atoms with Gasteiger partial charge in [-0.15, -0.1) is 0 Å². The van der Waals surface area contributed by atoms with Gasteiger partial charge in [0.15, 0.2) is 0 Å². The molecule has 2 N–H and O–H groups in total. The highest BCUT2D eigenvalue weighted by Gasteiger charge is 2.27. The molecule has 0 bridgehead atoms. The minimum absolute atomic E-state index is 0.120. The summed E-state index contributed by atoms with van der Waals surface area (Å²) in [5.41, 5.74) is 2.24. The van der Waals surface area contributed by atoms with Gasteiger partial charge in [0, 0.05) is 18.7 Å². The van der Waals surface area contributed by atoms with Crippen LogP contribution in [0, 0.1) is 5.92 Å². The van der Waals surface area contributed by atoms with E-state index in [9.17, 15) is 13.2 Å². The van der Waals surface area contributed by atoms with Crippen LogP contribution in [0.4, 0.5) is 0 Å². The molecule has 1 aliphatic rings. The first-order chi connectivity index (χ1) is 14.8. The van der Waals surface area contributed by atoms with Gasteiger partial charge in [0.05, 0.1) is 22.5 Å². The highest BCUT2D eigenvalue weighted by atomic mass is 32.2. The first-order valence-electron chi connectivity index (χ1n) is 10.7. The van der Waals surface area contributed by atoms with Crippen LogP contribution in [-0.2, 0) is 14.8 Å². The third-order valence-corrected chi connectivity index (χ3v) is 7.83. The van der Waals surface area contributed by atoms with Gasteiger partial charge in [-0.05, 0) is 37.0 Å². The van der Waals surface area contributed by atoms with Gasteiger partial charge in [-0.1, -0.05) is 50.1 Å². The quantitative estimate of drug-likeness (QED) is 0.613. The van der Waals surface area contributed by atoms with Gasteiger partial charge in [0.1, 0.15) is 5.82 Å². The molecule has 1 saturated carbocycles. The molecule has 31 heavy (non-hydrogen) atoms. The lowest BCUT2D eigenvalue weighted by Crippen LogP contribution is -2.46. The standard InChI is InChI=1S/C23H28N4O3S/c1-16-8-6-7-11-19(16)24-22(28)15-27(2)31(29,30)18-12-13-20-21(14-18)26-23(25-20)17-9-4-3-5-10-17/h3-5,9-10,12-14,16,19H,6-8,11,15H2,1-2H3,(H,24,28)(H,25,26)/t16-,19+/m0/s1. The molecule has 1 aliphatic carbocycles. The van der Waals surface area contributed by atoms with E-state index in [1.165, 1.54) is 19.5 Å². The van der Waals surface area contributed by atoms with Crippen molar-refractivity contribution in [3.05, 3.63) is 48.5 Å². The van der Waals surface area contributed by atoms with Crippen molar-refractivity contribution in [2.45, 2.75) is 43.5 Å². The zero-order chi connectivity index (χ0) is 22.0. The number of amides is 1. The average molecular weight is 441 g/mol. The lowest BCUT2D eigenvalue weighted by molar-refractivity contribution is -0.122. The molecular formula is C23H28N4O3S. The monoisotopic (exact) mass is 440 g/mol. The Morgan fingerprint density at radius 3 is 2.65 bits per heavy atom. The van der Waals surface area contributed by atoms with Crippen molar-refractivity contribution < 1.29 is 13.2 Å². The number of fused-ring (bicyclic) bond motifs is 1. The van der Waals surface area contributed by atoms with Crippen LogP contribution in [0.2, 0.25) is 0 Å². The zero-order valence-electron chi connectivity index (χ0n) is 17.8. The minimum atomic E-state index is -3.81. The average Bonchev–Trinajstić information content (AvgIpc) is 3.19.